The lowest BCUT2D eigenvalue weighted by Gasteiger charge is -2.02. The van der Waals surface area contributed by atoms with E-state index < -0.39 is 17.4 Å². The summed E-state index contributed by atoms with van der Waals surface area (Å²) in [5.74, 6) is -1.86. The van der Waals surface area contributed by atoms with E-state index in [1.165, 1.54) is 11.3 Å². The van der Waals surface area contributed by atoms with Gasteiger partial charge >= 0.3 is 0 Å². The van der Waals surface area contributed by atoms with E-state index in [-0.39, 0.29) is 10.0 Å². The Balaban J connectivity index is 2.49. The summed E-state index contributed by atoms with van der Waals surface area (Å²) in [6.07, 6.45) is 0. The Morgan fingerprint density at radius 2 is 1.83 bits per heavy atom. The molecule has 0 fully saturated rings. The molecular weight excluding hydrogens is 322 g/mol. The first-order valence-corrected chi connectivity index (χ1v) is 6.77. The first-order valence-electron chi connectivity index (χ1n) is 5.16. The lowest BCUT2D eigenvalue weighted by molar-refractivity contribution is 0.103. The second-order valence-electron chi connectivity index (χ2n) is 3.93. The minimum Gasteiger partial charge on any atom is -0.288 e. The minimum absolute atomic E-state index is 0.00934. The van der Waals surface area contributed by atoms with Crippen molar-refractivity contribution in [3.63, 3.8) is 0 Å². The highest BCUT2D eigenvalue weighted by molar-refractivity contribution is 9.10. The summed E-state index contributed by atoms with van der Waals surface area (Å²) < 4.78 is 27.0. The Labute approximate surface area is 116 Å². The van der Waals surface area contributed by atoms with E-state index in [9.17, 15) is 13.6 Å². The Morgan fingerprint density at radius 3 is 2.39 bits per heavy atom. The molecule has 94 valence electrons. The summed E-state index contributed by atoms with van der Waals surface area (Å²) in [6.45, 7) is 3.76. The fourth-order valence-electron chi connectivity index (χ4n) is 1.51. The third-order valence-corrected chi connectivity index (χ3v) is 4.40. The van der Waals surface area contributed by atoms with Gasteiger partial charge in [-0.3, -0.25) is 4.79 Å². The van der Waals surface area contributed by atoms with Crippen LogP contribution in [0.5, 0.6) is 0 Å². The highest BCUT2D eigenvalue weighted by Crippen LogP contribution is 2.26. The van der Waals surface area contributed by atoms with Crippen LogP contribution in [0.25, 0.3) is 0 Å². The van der Waals surface area contributed by atoms with Gasteiger partial charge in [-0.05, 0) is 53.5 Å². The topological polar surface area (TPSA) is 17.1 Å². The number of benzene rings is 1. The number of thiophene rings is 1. The lowest BCUT2D eigenvalue weighted by atomic mass is 10.1. The zero-order valence-electron chi connectivity index (χ0n) is 9.68. The van der Waals surface area contributed by atoms with Crippen LogP contribution in [-0.4, -0.2) is 5.78 Å². The molecule has 1 aromatic carbocycles. The van der Waals surface area contributed by atoms with Gasteiger partial charge in [0.2, 0.25) is 5.78 Å². The highest BCUT2D eigenvalue weighted by atomic mass is 79.9. The van der Waals surface area contributed by atoms with Crippen LogP contribution < -0.4 is 0 Å². The fraction of sp³-hybridized carbons (Fsp3) is 0.154. The molecule has 5 heteroatoms. The zero-order chi connectivity index (χ0) is 13.4. The van der Waals surface area contributed by atoms with E-state index in [1.54, 1.807) is 6.07 Å². The maximum Gasteiger partial charge on any atom is 0.206 e. The smallest absolute Gasteiger partial charge is 0.206 e. The molecule has 2 aromatic rings. The van der Waals surface area contributed by atoms with E-state index in [0.29, 0.717) is 4.88 Å². The third-order valence-electron chi connectivity index (χ3n) is 2.64. The van der Waals surface area contributed by atoms with Crippen LogP contribution in [0, 0.1) is 25.5 Å². The molecule has 0 bridgehead atoms. The molecule has 0 radical (unpaired) electrons. The maximum atomic E-state index is 13.7. The molecule has 0 spiro atoms. The standard InChI is InChI=1S/C13H9BrF2OS/c1-6-3-12(18-7(6)2)13(17)8-4-11(16)9(14)5-10(8)15/h3-5H,1-2H3. The Hall–Kier alpha value is -1.07. The van der Waals surface area contributed by atoms with Crippen molar-refractivity contribution in [2.75, 3.05) is 0 Å². The van der Waals surface area contributed by atoms with Gasteiger partial charge < -0.3 is 0 Å². The fourth-order valence-corrected chi connectivity index (χ4v) is 2.82. The molecule has 0 atom stereocenters. The van der Waals surface area contributed by atoms with Crippen molar-refractivity contribution in [1.29, 1.82) is 0 Å². The first kappa shape index (κ1) is 13.4. The second kappa shape index (κ2) is 4.90. The molecule has 1 nitrogen and oxygen atoms in total. The van der Waals surface area contributed by atoms with Crippen LogP contribution >= 0.6 is 27.3 Å². The van der Waals surface area contributed by atoms with Crippen LogP contribution in [0.2, 0.25) is 0 Å². The number of halogens is 3. The van der Waals surface area contributed by atoms with E-state index in [4.69, 9.17) is 0 Å². The Bertz CT molecular complexity index is 615. The Morgan fingerprint density at radius 1 is 1.17 bits per heavy atom. The van der Waals surface area contributed by atoms with E-state index in [1.807, 2.05) is 13.8 Å². The molecule has 1 aromatic heterocycles. The molecule has 0 amide bonds. The van der Waals surface area contributed by atoms with Crippen molar-refractivity contribution in [3.05, 3.63) is 55.2 Å². The monoisotopic (exact) mass is 330 g/mol. The van der Waals surface area contributed by atoms with E-state index in [2.05, 4.69) is 15.9 Å². The minimum atomic E-state index is -0.725. The molecule has 0 aliphatic carbocycles. The van der Waals surface area contributed by atoms with Crippen molar-refractivity contribution in [2.45, 2.75) is 13.8 Å². The summed E-state index contributed by atoms with van der Waals surface area (Å²) in [5.41, 5.74) is 0.735. The molecule has 0 N–H and O–H groups in total. The third kappa shape index (κ3) is 2.37. The first-order chi connectivity index (χ1) is 8.40. The molecular formula is C13H9BrF2OS. The van der Waals surface area contributed by atoms with Gasteiger partial charge in [-0.25, -0.2) is 8.78 Å². The van der Waals surface area contributed by atoms with Gasteiger partial charge in [-0.2, -0.15) is 0 Å². The van der Waals surface area contributed by atoms with Crippen LogP contribution in [0.4, 0.5) is 8.78 Å². The molecule has 0 unspecified atom stereocenters. The van der Waals surface area contributed by atoms with Gasteiger partial charge in [-0.15, -0.1) is 11.3 Å². The van der Waals surface area contributed by atoms with Crippen LogP contribution in [0.3, 0.4) is 0 Å². The SMILES string of the molecule is Cc1cc(C(=O)c2cc(F)c(Br)cc2F)sc1C. The molecule has 1 heterocycles. The summed E-state index contributed by atoms with van der Waals surface area (Å²) in [6, 6.07) is 3.59. The van der Waals surface area contributed by atoms with Crippen LogP contribution in [0.1, 0.15) is 25.7 Å². The lowest BCUT2D eigenvalue weighted by Crippen LogP contribution is -2.03. The van der Waals surface area contributed by atoms with Crippen molar-refractivity contribution in [1.82, 2.24) is 0 Å². The summed E-state index contributed by atoms with van der Waals surface area (Å²) in [5, 5.41) is 0. The van der Waals surface area contributed by atoms with E-state index in [0.717, 1.165) is 22.6 Å². The van der Waals surface area contributed by atoms with Gasteiger partial charge in [0.15, 0.2) is 0 Å². The van der Waals surface area contributed by atoms with Gasteiger partial charge in [-0.1, -0.05) is 0 Å². The quantitative estimate of drug-likeness (QED) is 0.579. The summed E-state index contributed by atoms with van der Waals surface area (Å²) in [7, 11) is 0. The molecule has 0 aliphatic rings. The van der Waals surface area contributed by atoms with Crippen molar-refractivity contribution in [3.8, 4) is 0 Å². The number of hydrogen-bond donors (Lipinski definition) is 0. The number of carbonyl (C=O) groups excluding carboxylic acids is 1. The Kier molecular flexibility index (Phi) is 3.64. The number of ketones is 1. The summed E-state index contributed by atoms with van der Waals surface area (Å²) in [4.78, 5) is 13.5. The number of aryl methyl sites for hydroxylation is 2. The van der Waals surface area contributed by atoms with Crippen molar-refractivity contribution < 1.29 is 13.6 Å². The van der Waals surface area contributed by atoms with Gasteiger partial charge in [0.1, 0.15) is 11.6 Å². The van der Waals surface area contributed by atoms with Gasteiger partial charge in [0.25, 0.3) is 0 Å². The molecule has 2 rings (SSSR count). The molecule has 0 aliphatic heterocycles. The average molecular weight is 331 g/mol. The van der Waals surface area contributed by atoms with Gasteiger partial charge in [0.05, 0.1) is 14.9 Å². The van der Waals surface area contributed by atoms with Gasteiger partial charge in [0, 0.05) is 4.88 Å². The predicted molar refractivity (Wildman–Crippen MR) is 71.3 cm³/mol. The largest absolute Gasteiger partial charge is 0.288 e. The normalized spacial score (nSPS) is 10.7. The maximum absolute atomic E-state index is 13.7. The average Bonchev–Trinajstić information content (AvgIpc) is 2.63. The number of carbonyl (C=O) groups is 1. The number of hydrogen-bond acceptors (Lipinski definition) is 2. The zero-order valence-corrected chi connectivity index (χ0v) is 12.1. The molecule has 18 heavy (non-hydrogen) atoms. The van der Waals surface area contributed by atoms with E-state index >= 15 is 0 Å². The van der Waals surface area contributed by atoms with Crippen LogP contribution in [0.15, 0.2) is 22.7 Å². The predicted octanol–water partition coefficient (Wildman–Crippen LogP) is 4.64. The van der Waals surface area contributed by atoms with Crippen LogP contribution in [-0.2, 0) is 0 Å². The number of rotatable bonds is 2. The van der Waals surface area contributed by atoms with Crippen molar-refractivity contribution >= 4 is 33.0 Å². The van der Waals surface area contributed by atoms with Crippen molar-refractivity contribution in [2.24, 2.45) is 0 Å². The summed E-state index contributed by atoms with van der Waals surface area (Å²) >= 11 is 4.16. The second-order valence-corrected chi connectivity index (χ2v) is 6.04. The highest BCUT2D eigenvalue weighted by Gasteiger charge is 2.19. The molecule has 0 saturated carbocycles. The molecule has 0 saturated heterocycles.